The lowest BCUT2D eigenvalue weighted by atomic mass is 9.98. The van der Waals surface area contributed by atoms with Crippen molar-refractivity contribution in [2.45, 2.75) is 27.3 Å². The third kappa shape index (κ3) is 4.05. The second-order valence-corrected chi connectivity index (χ2v) is 5.00. The van der Waals surface area contributed by atoms with Gasteiger partial charge in [0.25, 0.3) is 0 Å². The van der Waals surface area contributed by atoms with Crippen molar-refractivity contribution in [3.8, 4) is 11.8 Å². The number of methoxy groups -OCH3 is 1. The van der Waals surface area contributed by atoms with E-state index in [4.69, 9.17) is 10.00 Å². The fourth-order valence-electron chi connectivity index (χ4n) is 1.62. The van der Waals surface area contributed by atoms with Crippen molar-refractivity contribution in [2.24, 2.45) is 11.8 Å². The van der Waals surface area contributed by atoms with Gasteiger partial charge < -0.3 is 10.1 Å². The van der Waals surface area contributed by atoms with Gasteiger partial charge in [0, 0.05) is 6.54 Å². The molecular weight excluding hydrogens is 224 g/mol. The van der Waals surface area contributed by atoms with Gasteiger partial charge in [0.05, 0.1) is 12.7 Å². The lowest BCUT2D eigenvalue weighted by molar-refractivity contribution is 0.391. The van der Waals surface area contributed by atoms with E-state index in [1.807, 2.05) is 18.2 Å². The molecule has 98 valence electrons. The van der Waals surface area contributed by atoms with Crippen LogP contribution in [-0.4, -0.2) is 13.7 Å². The van der Waals surface area contributed by atoms with E-state index in [1.54, 1.807) is 7.11 Å². The number of nitrogens with one attached hydrogen (secondary N) is 1. The molecule has 0 heterocycles. The second kappa shape index (κ2) is 7.03. The van der Waals surface area contributed by atoms with Crippen LogP contribution in [0.1, 0.15) is 31.9 Å². The molecule has 0 fully saturated rings. The fraction of sp³-hybridized carbons (Fsp3) is 0.533. The quantitative estimate of drug-likeness (QED) is 0.839. The molecule has 1 N–H and O–H groups in total. The monoisotopic (exact) mass is 246 g/mol. The predicted octanol–water partition coefficient (Wildman–Crippen LogP) is 2.95. The summed E-state index contributed by atoms with van der Waals surface area (Å²) in [6.07, 6.45) is 0. The third-order valence-electron chi connectivity index (χ3n) is 3.32. The molecular formula is C15H22N2O. The van der Waals surface area contributed by atoms with Crippen molar-refractivity contribution in [1.82, 2.24) is 5.32 Å². The Morgan fingerprint density at radius 2 is 2.06 bits per heavy atom. The Morgan fingerprint density at radius 1 is 1.33 bits per heavy atom. The van der Waals surface area contributed by atoms with Crippen molar-refractivity contribution in [1.29, 1.82) is 5.26 Å². The maximum Gasteiger partial charge on any atom is 0.136 e. The molecule has 1 rings (SSSR count). The highest BCUT2D eigenvalue weighted by Crippen LogP contribution is 2.19. The van der Waals surface area contributed by atoms with Crippen LogP contribution in [0.5, 0.6) is 5.75 Å². The van der Waals surface area contributed by atoms with E-state index in [0.29, 0.717) is 23.1 Å². The number of benzene rings is 1. The van der Waals surface area contributed by atoms with Crippen molar-refractivity contribution in [3.05, 3.63) is 29.3 Å². The summed E-state index contributed by atoms with van der Waals surface area (Å²) in [5.41, 5.74) is 1.72. The first-order chi connectivity index (χ1) is 8.58. The minimum absolute atomic E-state index is 0.580. The van der Waals surface area contributed by atoms with Gasteiger partial charge in [-0.25, -0.2) is 0 Å². The average Bonchev–Trinajstić information content (AvgIpc) is 2.38. The number of ether oxygens (including phenoxy) is 1. The number of nitriles is 1. The summed E-state index contributed by atoms with van der Waals surface area (Å²) in [6, 6.07) is 7.81. The third-order valence-corrected chi connectivity index (χ3v) is 3.32. The molecule has 1 aromatic carbocycles. The van der Waals surface area contributed by atoms with Crippen LogP contribution in [0.2, 0.25) is 0 Å². The van der Waals surface area contributed by atoms with Crippen LogP contribution in [0.3, 0.4) is 0 Å². The summed E-state index contributed by atoms with van der Waals surface area (Å²) in [5, 5.41) is 12.3. The average molecular weight is 246 g/mol. The van der Waals surface area contributed by atoms with Crippen LogP contribution < -0.4 is 10.1 Å². The molecule has 1 aromatic rings. The normalized spacial score (nSPS) is 12.2. The number of nitrogens with zero attached hydrogens (tertiary/aromatic N) is 1. The van der Waals surface area contributed by atoms with E-state index in [2.05, 4.69) is 32.2 Å². The van der Waals surface area contributed by atoms with Crippen LogP contribution in [0.25, 0.3) is 0 Å². The molecule has 0 amide bonds. The van der Waals surface area contributed by atoms with Crippen LogP contribution in [0.4, 0.5) is 0 Å². The first kappa shape index (κ1) is 14.5. The van der Waals surface area contributed by atoms with Gasteiger partial charge in [0.15, 0.2) is 0 Å². The second-order valence-electron chi connectivity index (χ2n) is 5.00. The predicted molar refractivity (Wildman–Crippen MR) is 73.4 cm³/mol. The van der Waals surface area contributed by atoms with Crippen molar-refractivity contribution in [2.75, 3.05) is 13.7 Å². The Kier molecular flexibility index (Phi) is 5.67. The molecule has 0 saturated carbocycles. The van der Waals surface area contributed by atoms with Crippen LogP contribution in [-0.2, 0) is 6.54 Å². The number of hydrogen-bond acceptors (Lipinski definition) is 3. The molecule has 0 aliphatic carbocycles. The Bertz CT molecular complexity index is 421. The summed E-state index contributed by atoms with van der Waals surface area (Å²) in [6.45, 7) is 8.52. The SMILES string of the molecule is COc1cc(CNCC(C)C(C)C)ccc1C#N. The van der Waals surface area contributed by atoms with Gasteiger partial charge in [-0.15, -0.1) is 0 Å². The summed E-state index contributed by atoms with van der Waals surface area (Å²) >= 11 is 0. The Labute approximate surface area is 110 Å². The summed E-state index contributed by atoms with van der Waals surface area (Å²) < 4.78 is 5.19. The van der Waals surface area contributed by atoms with E-state index >= 15 is 0 Å². The molecule has 18 heavy (non-hydrogen) atoms. The Hall–Kier alpha value is -1.53. The molecule has 0 aliphatic heterocycles. The van der Waals surface area contributed by atoms with Gasteiger partial charge in [0.1, 0.15) is 11.8 Å². The van der Waals surface area contributed by atoms with Crippen molar-refractivity contribution >= 4 is 0 Å². The number of rotatable bonds is 6. The van der Waals surface area contributed by atoms with E-state index < -0.39 is 0 Å². The molecule has 3 nitrogen and oxygen atoms in total. The molecule has 3 heteroatoms. The van der Waals surface area contributed by atoms with Gasteiger partial charge in [-0.2, -0.15) is 5.26 Å². The molecule has 1 atom stereocenters. The van der Waals surface area contributed by atoms with Crippen molar-refractivity contribution < 1.29 is 4.74 Å². The standard InChI is InChI=1S/C15H22N2O/c1-11(2)12(3)9-17-10-13-5-6-14(8-16)15(7-13)18-4/h5-7,11-12,17H,9-10H2,1-4H3. The zero-order chi connectivity index (χ0) is 13.5. The zero-order valence-electron chi connectivity index (χ0n) is 11.7. The Balaban J connectivity index is 2.56. The minimum atomic E-state index is 0.580. The molecule has 0 bridgehead atoms. The lowest BCUT2D eigenvalue weighted by Gasteiger charge is -2.16. The van der Waals surface area contributed by atoms with Gasteiger partial charge in [-0.1, -0.05) is 26.8 Å². The summed E-state index contributed by atoms with van der Waals surface area (Å²) in [4.78, 5) is 0. The smallest absolute Gasteiger partial charge is 0.136 e. The van der Waals surface area contributed by atoms with Gasteiger partial charge in [-0.05, 0) is 36.1 Å². The topological polar surface area (TPSA) is 45.0 Å². The van der Waals surface area contributed by atoms with Crippen molar-refractivity contribution in [3.63, 3.8) is 0 Å². The van der Waals surface area contributed by atoms with E-state index in [1.165, 1.54) is 0 Å². The molecule has 0 radical (unpaired) electrons. The first-order valence-electron chi connectivity index (χ1n) is 6.36. The first-order valence-corrected chi connectivity index (χ1v) is 6.36. The molecule has 0 aromatic heterocycles. The molecule has 0 spiro atoms. The zero-order valence-corrected chi connectivity index (χ0v) is 11.7. The van der Waals surface area contributed by atoms with E-state index in [9.17, 15) is 0 Å². The maximum absolute atomic E-state index is 8.90. The summed E-state index contributed by atoms with van der Waals surface area (Å²) in [5.74, 6) is 1.99. The lowest BCUT2D eigenvalue weighted by Crippen LogP contribution is -2.23. The number of hydrogen-bond donors (Lipinski definition) is 1. The summed E-state index contributed by atoms with van der Waals surface area (Å²) in [7, 11) is 1.59. The Morgan fingerprint density at radius 3 is 2.61 bits per heavy atom. The molecule has 0 saturated heterocycles. The van der Waals surface area contributed by atoms with E-state index in [-0.39, 0.29) is 0 Å². The maximum atomic E-state index is 8.90. The highest BCUT2D eigenvalue weighted by molar-refractivity contribution is 5.45. The van der Waals surface area contributed by atoms with Gasteiger partial charge in [0.2, 0.25) is 0 Å². The largest absolute Gasteiger partial charge is 0.495 e. The van der Waals surface area contributed by atoms with Crippen LogP contribution in [0, 0.1) is 23.2 Å². The minimum Gasteiger partial charge on any atom is -0.495 e. The fourth-order valence-corrected chi connectivity index (χ4v) is 1.62. The van der Waals surface area contributed by atoms with Gasteiger partial charge >= 0.3 is 0 Å². The van der Waals surface area contributed by atoms with E-state index in [0.717, 1.165) is 18.7 Å². The van der Waals surface area contributed by atoms with Crippen LogP contribution in [0.15, 0.2) is 18.2 Å². The highest BCUT2D eigenvalue weighted by atomic mass is 16.5. The molecule has 1 unspecified atom stereocenters. The van der Waals surface area contributed by atoms with Gasteiger partial charge in [-0.3, -0.25) is 0 Å². The highest BCUT2D eigenvalue weighted by Gasteiger charge is 2.07. The van der Waals surface area contributed by atoms with Crippen LogP contribution >= 0.6 is 0 Å². The molecule has 0 aliphatic rings.